The lowest BCUT2D eigenvalue weighted by molar-refractivity contribution is -0.116. The summed E-state index contributed by atoms with van der Waals surface area (Å²) >= 11 is 11.6. The molecule has 0 aliphatic rings. The molecule has 0 heterocycles. The van der Waals surface area contributed by atoms with Crippen molar-refractivity contribution >= 4 is 35.2 Å². The van der Waals surface area contributed by atoms with E-state index in [-0.39, 0.29) is 12.5 Å². The van der Waals surface area contributed by atoms with E-state index in [1.807, 2.05) is 0 Å². The van der Waals surface area contributed by atoms with E-state index in [2.05, 4.69) is 11.2 Å². The van der Waals surface area contributed by atoms with Crippen molar-refractivity contribution in [3.05, 3.63) is 39.9 Å². The second-order valence-corrected chi connectivity index (χ2v) is 3.74. The number of amides is 1. The quantitative estimate of drug-likeness (QED) is 0.652. The van der Waals surface area contributed by atoms with Crippen molar-refractivity contribution in [1.29, 1.82) is 0 Å². The number of carbonyl (C=O) groups is 1. The predicted octanol–water partition coefficient (Wildman–Crippen LogP) is 2.76. The number of rotatable bonds is 3. The van der Waals surface area contributed by atoms with Crippen LogP contribution in [0.5, 0.6) is 0 Å². The molecule has 1 N–H and O–H groups in total. The Balaban J connectivity index is 2.66. The van der Waals surface area contributed by atoms with Crippen LogP contribution in [0.4, 0.5) is 0 Å². The van der Waals surface area contributed by atoms with Crippen LogP contribution in [-0.4, -0.2) is 12.5 Å². The molecule has 16 heavy (non-hydrogen) atoms. The molecule has 0 spiro atoms. The van der Waals surface area contributed by atoms with Gasteiger partial charge in [-0.2, -0.15) is 0 Å². The fraction of sp³-hybridized carbons (Fsp3) is 0.0833. The van der Waals surface area contributed by atoms with E-state index in [0.717, 1.165) is 5.56 Å². The smallest absolute Gasteiger partial charge is 0.244 e. The highest BCUT2D eigenvalue weighted by Crippen LogP contribution is 2.22. The lowest BCUT2D eigenvalue weighted by atomic mass is 10.2. The zero-order valence-electron chi connectivity index (χ0n) is 8.34. The zero-order valence-corrected chi connectivity index (χ0v) is 9.85. The van der Waals surface area contributed by atoms with Crippen LogP contribution in [0.15, 0.2) is 24.3 Å². The van der Waals surface area contributed by atoms with E-state index < -0.39 is 0 Å². The van der Waals surface area contributed by atoms with Crippen molar-refractivity contribution in [3.63, 3.8) is 0 Å². The zero-order chi connectivity index (χ0) is 12.0. The first-order valence-corrected chi connectivity index (χ1v) is 5.23. The van der Waals surface area contributed by atoms with E-state index in [9.17, 15) is 4.79 Å². The van der Waals surface area contributed by atoms with Gasteiger partial charge in [0.05, 0.1) is 16.6 Å². The van der Waals surface area contributed by atoms with Gasteiger partial charge in [0.2, 0.25) is 5.91 Å². The topological polar surface area (TPSA) is 29.1 Å². The highest BCUT2D eigenvalue weighted by molar-refractivity contribution is 6.42. The van der Waals surface area contributed by atoms with Crippen molar-refractivity contribution in [2.45, 2.75) is 0 Å². The number of nitrogens with one attached hydrogen (secondary N) is 1. The Kier molecular flexibility index (Phi) is 4.91. The summed E-state index contributed by atoms with van der Waals surface area (Å²) in [5.41, 5.74) is 0.797. The standard InChI is InChI=1S/C12H9Cl2NO/c1-2-7-15-12(16)6-4-9-3-5-10(13)11(14)8-9/h1,3-6,8H,7H2,(H,15,16). The van der Waals surface area contributed by atoms with Crippen LogP contribution in [-0.2, 0) is 4.79 Å². The average molecular weight is 254 g/mol. The monoisotopic (exact) mass is 253 g/mol. The maximum atomic E-state index is 11.2. The van der Waals surface area contributed by atoms with E-state index in [4.69, 9.17) is 29.6 Å². The first-order valence-electron chi connectivity index (χ1n) is 4.48. The number of halogens is 2. The Morgan fingerprint density at radius 1 is 1.44 bits per heavy atom. The Bertz CT molecular complexity index is 461. The van der Waals surface area contributed by atoms with E-state index in [0.29, 0.717) is 10.0 Å². The van der Waals surface area contributed by atoms with Gasteiger partial charge in [0.15, 0.2) is 0 Å². The van der Waals surface area contributed by atoms with Crippen LogP contribution in [0.3, 0.4) is 0 Å². The summed E-state index contributed by atoms with van der Waals surface area (Å²) in [6.45, 7) is 0.213. The molecule has 0 fully saturated rings. The highest BCUT2D eigenvalue weighted by atomic mass is 35.5. The molecule has 0 saturated carbocycles. The summed E-state index contributed by atoms with van der Waals surface area (Å²) in [6, 6.07) is 5.11. The third-order valence-corrected chi connectivity index (χ3v) is 2.47. The maximum absolute atomic E-state index is 11.2. The molecule has 1 amide bonds. The molecule has 1 rings (SSSR count). The van der Waals surface area contributed by atoms with Gasteiger partial charge in [0, 0.05) is 6.08 Å². The van der Waals surface area contributed by atoms with Crippen LogP contribution in [0, 0.1) is 12.3 Å². The molecular formula is C12H9Cl2NO. The second-order valence-electron chi connectivity index (χ2n) is 2.93. The molecule has 0 atom stereocenters. The van der Waals surface area contributed by atoms with Gasteiger partial charge in [0.25, 0.3) is 0 Å². The third kappa shape index (κ3) is 3.98. The molecule has 4 heteroatoms. The molecule has 0 aliphatic heterocycles. The Morgan fingerprint density at radius 2 is 2.19 bits per heavy atom. The number of benzene rings is 1. The van der Waals surface area contributed by atoms with Gasteiger partial charge in [-0.05, 0) is 23.8 Å². The summed E-state index contributed by atoms with van der Waals surface area (Å²) < 4.78 is 0. The summed E-state index contributed by atoms with van der Waals surface area (Å²) in [6.07, 6.45) is 8.02. The molecule has 2 nitrogen and oxygen atoms in total. The van der Waals surface area contributed by atoms with Crippen molar-refractivity contribution in [1.82, 2.24) is 5.32 Å². The van der Waals surface area contributed by atoms with Crippen LogP contribution >= 0.6 is 23.2 Å². The number of hydrogen-bond acceptors (Lipinski definition) is 1. The lowest BCUT2D eigenvalue weighted by Crippen LogP contribution is -2.20. The van der Waals surface area contributed by atoms with Crippen LogP contribution < -0.4 is 5.32 Å². The van der Waals surface area contributed by atoms with Gasteiger partial charge in [-0.25, -0.2) is 0 Å². The highest BCUT2D eigenvalue weighted by Gasteiger charge is 1.97. The molecule has 82 valence electrons. The van der Waals surface area contributed by atoms with Crippen LogP contribution in [0.1, 0.15) is 5.56 Å². The fourth-order valence-corrected chi connectivity index (χ4v) is 1.29. The van der Waals surface area contributed by atoms with Gasteiger partial charge in [-0.15, -0.1) is 6.42 Å². The predicted molar refractivity (Wildman–Crippen MR) is 67.3 cm³/mol. The van der Waals surface area contributed by atoms with Gasteiger partial charge >= 0.3 is 0 Å². The fourth-order valence-electron chi connectivity index (χ4n) is 0.985. The first kappa shape index (κ1) is 12.6. The van der Waals surface area contributed by atoms with E-state index >= 15 is 0 Å². The molecule has 1 aromatic carbocycles. The molecule has 0 aliphatic carbocycles. The van der Waals surface area contributed by atoms with Gasteiger partial charge in [0.1, 0.15) is 0 Å². The van der Waals surface area contributed by atoms with Gasteiger partial charge in [-0.1, -0.05) is 35.2 Å². The van der Waals surface area contributed by atoms with Gasteiger partial charge in [-0.3, -0.25) is 4.79 Å². The van der Waals surface area contributed by atoms with E-state index in [1.165, 1.54) is 6.08 Å². The normalized spacial score (nSPS) is 10.1. The van der Waals surface area contributed by atoms with Crippen LogP contribution in [0.2, 0.25) is 10.0 Å². The molecular weight excluding hydrogens is 245 g/mol. The minimum absolute atomic E-state index is 0.213. The molecule has 0 saturated heterocycles. The Labute approximate surface area is 104 Å². The van der Waals surface area contributed by atoms with E-state index in [1.54, 1.807) is 24.3 Å². The third-order valence-electron chi connectivity index (χ3n) is 1.74. The summed E-state index contributed by atoms with van der Waals surface area (Å²) in [4.78, 5) is 11.2. The Hall–Kier alpha value is -1.43. The minimum atomic E-state index is -0.246. The van der Waals surface area contributed by atoms with Crippen molar-refractivity contribution < 1.29 is 4.79 Å². The van der Waals surface area contributed by atoms with Crippen molar-refractivity contribution in [2.24, 2.45) is 0 Å². The first-order chi connectivity index (χ1) is 7.63. The van der Waals surface area contributed by atoms with Crippen LogP contribution in [0.25, 0.3) is 6.08 Å². The second kappa shape index (κ2) is 6.22. The largest absolute Gasteiger partial charge is 0.342 e. The van der Waals surface area contributed by atoms with Crippen molar-refractivity contribution in [2.75, 3.05) is 6.54 Å². The number of hydrogen-bond donors (Lipinski definition) is 1. The molecule has 0 bridgehead atoms. The number of terminal acetylenes is 1. The maximum Gasteiger partial charge on any atom is 0.244 e. The molecule has 0 radical (unpaired) electrons. The molecule has 0 aromatic heterocycles. The lowest BCUT2D eigenvalue weighted by Gasteiger charge is -1.98. The number of carbonyl (C=O) groups excluding carboxylic acids is 1. The summed E-state index contributed by atoms with van der Waals surface area (Å²) in [7, 11) is 0. The average Bonchev–Trinajstić information content (AvgIpc) is 2.28. The summed E-state index contributed by atoms with van der Waals surface area (Å²) in [5, 5.41) is 3.44. The molecule has 0 unspecified atom stereocenters. The SMILES string of the molecule is C#CCNC(=O)C=Cc1ccc(Cl)c(Cl)c1. The summed E-state index contributed by atoms with van der Waals surface area (Å²) in [5.74, 6) is 2.06. The van der Waals surface area contributed by atoms with Crippen molar-refractivity contribution in [3.8, 4) is 12.3 Å². The Morgan fingerprint density at radius 3 is 2.81 bits per heavy atom. The van der Waals surface area contributed by atoms with Gasteiger partial charge < -0.3 is 5.32 Å². The minimum Gasteiger partial charge on any atom is -0.342 e. The molecule has 1 aromatic rings.